The van der Waals surface area contributed by atoms with Crippen molar-refractivity contribution in [3.63, 3.8) is 0 Å². The molecule has 4 heterocycles. The first-order chi connectivity index (χ1) is 19.6. The van der Waals surface area contributed by atoms with E-state index in [1.165, 1.54) is 13.8 Å². The fourth-order valence-electron chi connectivity index (χ4n) is 5.09. The van der Waals surface area contributed by atoms with Crippen molar-refractivity contribution in [3.8, 4) is 0 Å². The Bertz CT molecular complexity index is 911. The van der Waals surface area contributed by atoms with Gasteiger partial charge in [-0.3, -0.25) is 0 Å². The Morgan fingerprint density at radius 2 is 1.10 bits per heavy atom. The molecule has 4 rings (SSSR count). The first-order valence-electron chi connectivity index (χ1n) is 13.2. The number of ether oxygens (including phenoxy) is 7. The molecule has 0 amide bonds. The summed E-state index contributed by atoms with van der Waals surface area (Å²) in [7, 11) is 0. The molecule has 0 bridgehead atoms. The monoisotopic (exact) mass is 618 g/mol. The Hall–Kier alpha value is -1.21. The number of hydrogen-bond donors (Lipinski definition) is 11. The highest BCUT2D eigenvalue weighted by Crippen LogP contribution is 2.33. The second kappa shape index (κ2) is 13.4. The summed E-state index contributed by atoms with van der Waals surface area (Å²) in [5.41, 5.74) is 0. The zero-order valence-electron chi connectivity index (χ0n) is 22.4. The van der Waals surface area contributed by atoms with E-state index < -0.39 is 129 Å². The van der Waals surface area contributed by atoms with E-state index in [4.69, 9.17) is 28.4 Å². The van der Waals surface area contributed by atoms with Gasteiger partial charge in [-0.25, -0.2) is 4.79 Å². The molecule has 0 spiro atoms. The van der Waals surface area contributed by atoms with E-state index in [-0.39, 0.29) is 0 Å². The van der Waals surface area contributed by atoms with Crippen LogP contribution in [-0.4, -0.2) is 185 Å². The van der Waals surface area contributed by atoms with E-state index in [0.29, 0.717) is 0 Å². The van der Waals surface area contributed by atoms with Crippen LogP contribution in [0.2, 0.25) is 0 Å². The molecule has 4 aliphatic rings. The minimum Gasteiger partial charge on any atom is -0.479 e. The van der Waals surface area contributed by atoms with Crippen LogP contribution >= 0.6 is 0 Å². The first kappa shape index (κ1) is 33.7. The average Bonchev–Trinajstić information content (AvgIpc) is 2.94. The van der Waals surface area contributed by atoms with Crippen LogP contribution in [-0.2, 0) is 38.0 Å². The summed E-state index contributed by atoms with van der Waals surface area (Å²) < 4.78 is 38.0. The maximum Gasteiger partial charge on any atom is 0.335 e. The minimum atomic E-state index is -2.10. The smallest absolute Gasteiger partial charge is 0.335 e. The summed E-state index contributed by atoms with van der Waals surface area (Å²) in [6, 6.07) is 0. The van der Waals surface area contributed by atoms with Gasteiger partial charge in [0.2, 0.25) is 0 Å². The van der Waals surface area contributed by atoms with Gasteiger partial charge in [-0.1, -0.05) is 0 Å². The molecule has 4 aliphatic heterocycles. The number of carbonyl (C=O) groups is 1. The van der Waals surface area contributed by atoms with Crippen LogP contribution in [0.25, 0.3) is 0 Å². The molecular weight excluding hydrogens is 580 g/mol. The molecule has 0 aromatic heterocycles. The molecule has 0 saturated carbocycles. The molecule has 19 nitrogen and oxygen atoms in total. The lowest BCUT2D eigenvalue weighted by molar-refractivity contribution is -0.393. The van der Waals surface area contributed by atoms with E-state index in [9.17, 15) is 61.0 Å². The van der Waals surface area contributed by atoms with E-state index in [0.717, 1.165) is 0 Å². The molecule has 244 valence electrons. The van der Waals surface area contributed by atoms with Crippen LogP contribution in [0.15, 0.2) is 0 Å². The van der Waals surface area contributed by atoms with E-state index in [1.807, 2.05) is 0 Å². The number of hydrogen-bond acceptors (Lipinski definition) is 18. The van der Waals surface area contributed by atoms with Crippen LogP contribution in [0.3, 0.4) is 0 Å². The fraction of sp³-hybridized carbons (Fsp3) is 0.957. The molecule has 0 aromatic carbocycles. The van der Waals surface area contributed by atoms with Crippen LogP contribution in [0.5, 0.6) is 0 Å². The van der Waals surface area contributed by atoms with Crippen molar-refractivity contribution in [2.24, 2.45) is 0 Å². The number of aliphatic hydroxyl groups is 10. The molecule has 0 radical (unpaired) electrons. The van der Waals surface area contributed by atoms with Gasteiger partial charge in [0.25, 0.3) is 0 Å². The summed E-state index contributed by atoms with van der Waals surface area (Å²) in [6.45, 7) is 2.17. The van der Waals surface area contributed by atoms with Gasteiger partial charge in [0, 0.05) is 0 Å². The molecule has 4 saturated heterocycles. The largest absolute Gasteiger partial charge is 0.479 e. The van der Waals surface area contributed by atoms with E-state index >= 15 is 0 Å². The Morgan fingerprint density at radius 3 is 1.71 bits per heavy atom. The van der Waals surface area contributed by atoms with E-state index in [1.54, 1.807) is 0 Å². The molecule has 4 fully saturated rings. The highest BCUT2D eigenvalue weighted by molar-refractivity contribution is 5.73. The summed E-state index contributed by atoms with van der Waals surface area (Å²) in [5, 5.41) is 113. The zero-order valence-corrected chi connectivity index (χ0v) is 22.4. The lowest BCUT2D eigenvalue weighted by atomic mass is 9.97. The Kier molecular flexibility index (Phi) is 10.8. The number of aliphatic carboxylic acids is 1. The van der Waals surface area contributed by atoms with E-state index in [2.05, 4.69) is 4.74 Å². The average molecular weight is 619 g/mol. The van der Waals surface area contributed by atoms with Crippen LogP contribution in [0, 0.1) is 0 Å². The number of carboxylic acid groups (broad SMARTS) is 1. The standard InChI is InChI=1S/C23H38O19/c1-4-7(25)10(28)12(30)21(37-4)41-18-11(29)8(26)5(2)38-23(18)42-17-9(27)6(24)3-36-22(17)40-15-13(31)16(19(33)34)39-20(35)14(15)32/h4-18,20-32,35H,3H2,1-2H3,(H,33,34)/t4-,5-,6-,7-,8-,9-,10+,11+,12+,13-,14+,15-,16-,17+,18+,20+,21-,22-,23-/m0/s1. The van der Waals surface area contributed by atoms with Crippen molar-refractivity contribution in [2.75, 3.05) is 6.61 Å². The molecule has 0 unspecified atom stereocenters. The normalized spacial score (nSPS) is 54.0. The summed E-state index contributed by atoms with van der Waals surface area (Å²) in [6.07, 6.45) is -32.7. The van der Waals surface area contributed by atoms with Crippen molar-refractivity contribution >= 4 is 5.97 Å². The predicted octanol–water partition coefficient (Wildman–Crippen LogP) is -6.96. The Balaban J connectivity index is 1.57. The van der Waals surface area contributed by atoms with Crippen molar-refractivity contribution < 1.29 is 94.1 Å². The molecule has 19 heteroatoms. The van der Waals surface area contributed by atoms with Gasteiger partial charge in [0.15, 0.2) is 31.3 Å². The molecule has 42 heavy (non-hydrogen) atoms. The topological polar surface area (TPSA) is 304 Å². The first-order valence-corrected chi connectivity index (χ1v) is 13.2. The second-order valence-electron chi connectivity index (χ2n) is 10.7. The maximum atomic E-state index is 11.5. The van der Waals surface area contributed by atoms with Gasteiger partial charge in [-0.05, 0) is 13.8 Å². The van der Waals surface area contributed by atoms with Crippen molar-refractivity contribution in [2.45, 2.75) is 131 Å². The van der Waals surface area contributed by atoms with Gasteiger partial charge in [-0.15, -0.1) is 0 Å². The SMILES string of the molecule is C[C@@H]1O[C@@H](O[C@H]2[C@H](O[C@H]3[C@H](O[C@@H]4[C@@H](O)[C@H](O)O[C@H](C(=O)O)[C@H]4O)OC[C@H](O)[C@@H]3O)O[C@@H](C)[C@H](O)[C@H]2O)[C@H](O)[C@H](O)[C@H]1O. The van der Waals surface area contributed by atoms with Crippen molar-refractivity contribution in [3.05, 3.63) is 0 Å². The molecule has 0 aromatic rings. The minimum absolute atomic E-state index is 0.560. The van der Waals surface area contributed by atoms with Crippen molar-refractivity contribution in [1.29, 1.82) is 0 Å². The number of rotatable bonds is 7. The Labute approximate surface area is 237 Å². The highest BCUT2D eigenvalue weighted by Gasteiger charge is 2.54. The van der Waals surface area contributed by atoms with Gasteiger partial charge >= 0.3 is 5.97 Å². The van der Waals surface area contributed by atoms with Crippen molar-refractivity contribution in [1.82, 2.24) is 0 Å². The lowest BCUT2D eigenvalue weighted by Gasteiger charge is -2.48. The Morgan fingerprint density at radius 1 is 0.571 bits per heavy atom. The lowest BCUT2D eigenvalue weighted by Crippen LogP contribution is -2.66. The van der Waals surface area contributed by atoms with Crippen LogP contribution in [0.4, 0.5) is 0 Å². The van der Waals surface area contributed by atoms with Crippen LogP contribution in [0.1, 0.15) is 13.8 Å². The summed E-state index contributed by atoms with van der Waals surface area (Å²) in [4.78, 5) is 11.5. The summed E-state index contributed by atoms with van der Waals surface area (Å²) in [5.74, 6) is -1.69. The molecular formula is C23H38O19. The number of aliphatic hydroxyl groups excluding tert-OH is 10. The third kappa shape index (κ3) is 6.57. The zero-order chi connectivity index (χ0) is 31.2. The van der Waals surface area contributed by atoms with Gasteiger partial charge in [0.05, 0.1) is 18.8 Å². The molecule has 19 atom stereocenters. The second-order valence-corrected chi connectivity index (χ2v) is 10.7. The number of carboxylic acids is 1. The van der Waals surface area contributed by atoms with Gasteiger partial charge in [-0.2, -0.15) is 0 Å². The molecule has 11 N–H and O–H groups in total. The predicted molar refractivity (Wildman–Crippen MR) is 126 cm³/mol. The summed E-state index contributed by atoms with van der Waals surface area (Å²) >= 11 is 0. The third-order valence-electron chi connectivity index (χ3n) is 7.70. The molecule has 0 aliphatic carbocycles. The van der Waals surface area contributed by atoms with Crippen LogP contribution < -0.4 is 0 Å². The van der Waals surface area contributed by atoms with Gasteiger partial charge in [0.1, 0.15) is 73.2 Å². The van der Waals surface area contributed by atoms with Gasteiger partial charge < -0.3 is 89.3 Å². The fourth-order valence-corrected chi connectivity index (χ4v) is 5.09. The quantitative estimate of drug-likeness (QED) is 0.126. The highest BCUT2D eigenvalue weighted by atomic mass is 16.8. The third-order valence-corrected chi connectivity index (χ3v) is 7.70. The maximum absolute atomic E-state index is 11.5.